The fourth-order valence-electron chi connectivity index (χ4n) is 1.74. The van der Waals surface area contributed by atoms with Gasteiger partial charge in [-0.15, -0.1) is 12.4 Å². The maximum absolute atomic E-state index is 12.9. The quantitative estimate of drug-likeness (QED) is 0.921. The average Bonchev–Trinajstić information content (AvgIpc) is 2.35. The van der Waals surface area contributed by atoms with Gasteiger partial charge in [-0.25, -0.2) is 8.78 Å². The van der Waals surface area contributed by atoms with E-state index in [0.717, 1.165) is 12.1 Å². The molecule has 0 atom stereocenters. The lowest BCUT2D eigenvalue weighted by Gasteiger charge is -2.25. The molecule has 106 valence electrons. The summed E-state index contributed by atoms with van der Waals surface area (Å²) in [5.41, 5.74) is 0.257. The van der Waals surface area contributed by atoms with E-state index in [4.69, 9.17) is 4.74 Å². The van der Waals surface area contributed by atoms with Crippen LogP contribution in [-0.4, -0.2) is 43.7 Å². The van der Waals surface area contributed by atoms with Gasteiger partial charge < -0.3 is 10.1 Å². The Morgan fingerprint density at radius 2 is 1.95 bits per heavy atom. The molecular weight excluding hydrogens is 278 g/mol. The second kappa shape index (κ2) is 7.37. The molecule has 1 amide bonds. The number of carbonyl (C=O) groups excluding carboxylic acids is 1. The molecule has 0 unspecified atom stereocenters. The first-order valence-corrected chi connectivity index (χ1v) is 5.70. The van der Waals surface area contributed by atoms with Crippen LogP contribution in [0.15, 0.2) is 18.2 Å². The molecule has 1 aliphatic rings. The second-order valence-corrected chi connectivity index (χ2v) is 4.07. The lowest BCUT2D eigenvalue weighted by Crippen LogP contribution is -2.41. The zero-order valence-electron chi connectivity index (χ0n) is 10.2. The number of morpholine rings is 1. The number of halogens is 3. The third kappa shape index (κ3) is 4.74. The molecule has 19 heavy (non-hydrogen) atoms. The number of amides is 1. The SMILES string of the molecule is Cl.O=C(CN1CCOCC1)Nc1ccc(F)c(F)c1. The molecule has 0 aromatic heterocycles. The molecule has 0 aliphatic carbocycles. The molecule has 1 aromatic rings. The lowest BCUT2D eigenvalue weighted by atomic mass is 10.3. The van der Waals surface area contributed by atoms with E-state index in [1.165, 1.54) is 6.07 Å². The van der Waals surface area contributed by atoms with Crippen LogP contribution in [0.2, 0.25) is 0 Å². The van der Waals surface area contributed by atoms with Crippen molar-refractivity contribution in [1.82, 2.24) is 4.90 Å². The summed E-state index contributed by atoms with van der Waals surface area (Å²) in [6, 6.07) is 3.28. The Labute approximate surface area is 116 Å². The molecule has 0 bridgehead atoms. The van der Waals surface area contributed by atoms with E-state index >= 15 is 0 Å². The van der Waals surface area contributed by atoms with Gasteiger partial charge >= 0.3 is 0 Å². The van der Waals surface area contributed by atoms with Crippen molar-refractivity contribution in [2.45, 2.75) is 0 Å². The van der Waals surface area contributed by atoms with Crippen molar-refractivity contribution >= 4 is 24.0 Å². The van der Waals surface area contributed by atoms with Crippen LogP contribution in [0.25, 0.3) is 0 Å². The minimum absolute atomic E-state index is 0. The highest BCUT2D eigenvalue weighted by Gasteiger charge is 2.14. The van der Waals surface area contributed by atoms with Crippen molar-refractivity contribution < 1.29 is 18.3 Å². The molecule has 1 heterocycles. The zero-order valence-corrected chi connectivity index (χ0v) is 11.0. The summed E-state index contributed by atoms with van der Waals surface area (Å²) in [4.78, 5) is 13.6. The van der Waals surface area contributed by atoms with Crippen LogP contribution in [0, 0.1) is 11.6 Å². The highest BCUT2D eigenvalue weighted by molar-refractivity contribution is 5.92. The van der Waals surface area contributed by atoms with Gasteiger partial charge in [0.15, 0.2) is 11.6 Å². The van der Waals surface area contributed by atoms with Crippen LogP contribution in [0.1, 0.15) is 0 Å². The maximum Gasteiger partial charge on any atom is 0.238 e. The summed E-state index contributed by atoms with van der Waals surface area (Å²) in [6.45, 7) is 2.84. The molecule has 1 fully saturated rings. The first kappa shape index (κ1) is 15.8. The molecule has 0 saturated carbocycles. The Kier molecular flexibility index (Phi) is 6.14. The summed E-state index contributed by atoms with van der Waals surface area (Å²) in [5.74, 6) is -2.15. The molecule has 0 spiro atoms. The number of nitrogens with zero attached hydrogens (tertiary/aromatic N) is 1. The van der Waals surface area contributed by atoms with Crippen molar-refractivity contribution in [3.63, 3.8) is 0 Å². The Hall–Kier alpha value is -1.24. The minimum Gasteiger partial charge on any atom is -0.379 e. The third-order valence-corrected chi connectivity index (χ3v) is 2.67. The van der Waals surface area contributed by atoms with Crippen LogP contribution >= 0.6 is 12.4 Å². The largest absolute Gasteiger partial charge is 0.379 e. The molecule has 1 N–H and O–H groups in total. The van der Waals surface area contributed by atoms with E-state index < -0.39 is 11.6 Å². The van der Waals surface area contributed by atoms with Crippen LogP contribution in [0.4, 0.5) is 14.5 Å². The topological polar surface area (TPSA) is 41.6 Å². The van der Waals surface area contributed by atoms with E-state index in [1.807, 2.05) is 4.90 Å². The van der Waals surface area contributed by atoms with Gasteiger partial charge in [0.2, 0.25) is 5.91 Å². The number of nitrogens with one attached hydrogen (secondary N) is 1. The summed E-state index contributed by atoms with van der Waals surface area (Å²) in [5, 5.41) is 2.53. The van der Waals surface area contributed by atoms with Crippen molar-refractivity contribution in [3.8, 4) is 0 Å². The van der Waals surface area contributed by atoms with Crippen LogP contribution in [-0.2, 0) is 9.53 Å². The van der Waals surface area contributed by atoms with Crippen molar-refractivity contribution in [1.29, 1.82) is 0 Å². The zero-order chi connectivity index (χ0) is 13.0. The summed E-state index contributed by atoms with van der Waals surface area (Å²) >= 11 is 0. The molecule has 7 heteroatoms. The molecule has 2 rings (SSSR count). The van der Waals surface area contributed by atoms with Gasteiger partial charge in [-0.2, -0.15) is 0 Å². The highest BCUT2D eigenvalue weighted by Crippen LogP contribution is 2.13. The Bertz CT molecular complexity index is 440. The van der Waals surface area contributed by atoms with E-state index in [2.05, 4.69) is 5.32 Å². The fraction of sp³-hybridized carbons (Fsp3) is 0.417. The number of ether oxygens (including phenoxy) is 1. The first-order valence-electron chi connectivity index (χ1n) is 5.70. The molecule has 4 nitrogen and oxygen atoms in total. The van der Waals surface area contributed by atoms with Gasteiger partial charge in [-0.3, -0.25) is 9.69 Å². The number of rotatable bonds is 3. The van der Waals surface area contributed by atoms with Crippen molar-refractivity contribution in [2.75, 3.05) is 38.2 Å². The predicted octanol–water partition coefficient (Wildman–Crippen LogP) is 1.66. The fourth-order valence-corrected chi connectivity index (χ4v) is 1.74. The first-order chi connectivity index (χ1) is 8.65. The Morgan fingerprint density at radius 3 is 2.58 bits per heavy atom. The van der Waals surface area contributed by atoms with E-state index in [-0.39, 0.29) is 30.5 Å². The molecule has 1 aliphatic heterocycles. The average molecular weight is 293 g/mol. The molecule has 0 radical (unpaired) electrons. The minimum atomic E-state index is -0.973. The van der Waals surface area contributed by atoms with E-state index in [9.17, 15) is 13.6 Å². The number of anilines is 1. The Morgan fingerprint density at radius 1 is 1.26 bits per heavy atom. The lowest BCUT2D eigenvalue weighted by molar-refractivity contribution is -0.118. The second-order valence-electron chi connectivity index (χ2n) is 4.07. The van der Waals surface area contributed by atoms with Crippen molar-refractivity contribution in [2.24, 2.45) is 0 Å². The van der Waals surface area contributed by atoms with E-state index in [0.29, 0.717) is 26.3 Å². The van der Waals surface area contributed by atoms with Gasteiger partial charge in [0.25, 0.3) is 0 Å². The number of benzene rings is 1. The maximum atomic E-state index is 12.9. The number of hydrogen-bond acceptors (Lipinski definition) is 3. The predicted molar refractivity (Wildman–Crippen MR) is 69.5 cm³/mol. The normalized spacial score (nSPS) is 15.7. The third-order valence-electron chi connectivity index (χ3n) is 2.67. The standard InChI is InChI=1S/C12H14F2N2O2.ClH/c13-10-2-1-9(7-11(10)14)15-12(17)8-16-3-5-18-6-4-16;/h1-2,7H,3-6,8H2,(H,15,17);1H. The van der Waals surface area contributed by atoms with Crippen LogP contribution in [0.3, 0.4) is 0 Å². The Balaban J connectivity index is 0.00000180. The van der Waals surface area contributed by atoms with Gasteiger partial charge in [-0.1, -0.05) is 0 Å². The van der Waals surface area contributed by atoms with Gasteiger partial charge in [-0.05, 0) is 12.1 Å². The smallest absolute Gasteiger partial charge is 0.238 e. The van der Waals surface area contributed by atoms with Crippen LogP contribution in [0.5, 0.6) is 0 Å². The summed E-state index contributed by atoms with van der Waals surface area (Å²) < 4.78 is 30.8. The van der Waals surface area contributed by atoms with E-state index in [1.54, 1.807) is 0 Å². The van der Waals surface area contributed by atoms with Gasteiger partial charge in [0.05, 0.1) is 19.8 Å². The van der Waals surface area contributed by atoms with Gasteiger partial charge in [0.1, 0.15) is 0 Å². The molecular formula is C12H15ClF2N2O2. The highest BCUT2D eigenvalue weighted by atomic mass is 35.5. The van der Waals surface area contributed by atoms with Crippen molar-refractivity contribution in [3.05, 3.63) is 29.8 Å². The molecule has 1 aromatic carbocycles. The summed E-state index contributed by atoms with van der Waals surface area (Å²) in [6.07, 6.45) is 0. The monoisotopic (exact) mass is 292 g/mol. The number of hydrogen-bond donors (Lipinski definition) is 1. The summed E-state index contributed by atoms with van der Waals surface area (Å²) in [7, 11) is 0. The van der Waals surface area contributed by atoms with Gasteiger partial charge in [0, 0.05) is 24.8 Å². The molecule has 1 saturated heterocycles. The van der Waals surface area contributed by atoms with Crippen LogP contribution < -0.4 is 5.32 Å². The number of carbonyl (C=O) groups is 1.